The molecule has 2 aromatic rings. The van der Waals surface area contributed by atoms with Crippen molar-refractivity contribution in [3.8, 4) is 5.75 Å². The lowest BCUT2D eigenvalue weighted by Crippen LogP contribution is -2.52. The SMILES string of the molecule is CN=C(NCCc1cnn(C)c1)N1CCN(c2ccc(OC)cc2)CC1. The lowest BCUT2D eigenvalue weighted by atomic mass is 10.2. The monoisotopic (exact) mass is 356 g/mol. The molecule has 1 aromatic carbocycles. The average molecular weight is 356 g/mol. The number of benzene rings is 1. The van der Waals surface area contributed by atoms with Gasteiger partial charge in [0.05, 0.1) is 13.3 Å². The number of methoxy groups -OCH3 is 1. The number of hydrogen-bond donors (Lipinski definition) is 1. The van der Waals surface area contributed by atoms with Crippen molar-refractivity contribution >= 4 is 11.6 Å². The molecule has 2 heterocycles. The van der Waals surface area contributed by atoms with Gasteiger partial charge in [-0.15, -0.1) is 0 Å². The molecule has 1 N–H and O–H groups in total. The Morgan fingerprint density at radius 1 is 1.19 bits per heavy atom. The Balaban J connectivity index is 1.47. The number of nitrogens with one attached hydrogen (secondary N) is 1. The summed E-state index contributed by atoms with van der Waals surface area (Å²) < 4.78 is 7.07. The maximum Gasteiger partial charge on any atom is 0.193 e. The minimum atomic E-state index is 0.858. The van der Waals surface area contributed by atoms with E-state index in [9.17, 15) is 0 Å². The Labute approximate surface area is 155 Å². The molecule has 1 aliphatic rings. The van der Waals surface area contributed by atoms with Crippen molar-refractivity contribution in [1.29, 1.82) is 0 Å². The fourth-order valence-electron chi connectivity index (χ4n) is 3.22. The fraction of sp³-hybridized carbons (Fsp3) is 0.474. The van der Waals surface area contributed by atoms with Gasteiger partial charge in [0.1, 0.15) is 5.75 Å². The van der Waals surface area contributed by atoms with Crippen LogP contribution in [0.1, 0.15) is 5.56 Å². The number of anilines is 1. The van der Waals surface area contributed by atoms with Crippen LogP contribution in [-0.2, 0) is 13.5 Å². The van der Waals surface area contributed by atoms with Crippen LogP contribution in [0, 0.1) is 0 Å². The second-order valence-corrected chi connectivity index (χ2v) is 6.42. The Bertz CT molecular complexity index is 716. The summed E-state index contributed by atoms with van der Waals surface area (Å²) in [6.45, 7) is 4.74. The van der Waals surface area contributed by atoms with E-state index in [4.69, 9.17) is 4.74 Å². The molecule has 1 fully saturated rings. The first-order valence-corrected chi connectivity index (χ1v) is 9.01. The van der Waals surface area contributed by atoms with E-state index >= 15 is 0 Å². The van der Waals surface area contributed by atoms with E-state index in [0.29, 0.717) is 0 Å². The molecule has 140 valence electrons. The van der Waals surface area contributed by atoms with Crippen molar-refractivity contribution < 1.29 is 4.74 Å². The molecule has 0 amide bonds. The van der Waals surface area contributed by atoms with Gasteiger partial charge in [-0.3, -0.25) is 9.67 Å². The molecule has 7 nitrogen and oxygen atoms in total. The van der Waals surface area contributed by atoms with E-state index < -0.39 is 0 Å². The highest BCUT2D eigenvalue weighted by atomic mass is 16.5. The van der Waals surface area contributed by atoms with Gasteiger partial charge < -0.3 is 19.9 Å². The van der Waals surface area contributed by atoms with Crippen molar-refractivity contribution in [3.63, 3.8) is 0 Å². The smallest absolute Gasteiger partial charge is 0.193 e. The minimum Gasteiger partial charge on any atom is -0.497 e. The molecule has 0 aliphatic carbocycles. The van der Waals surface area contributed by atoms with Gasteiger partial charge in [0.25, 0.3) is 0 Å². The number of nitrogens with zero attached hydrogens (tertiary/aromatic N) is 5. The van der Waals surface area contributed by atoms with Crippen LogP contribution in [0.15, 0.2) is 41.7 Å². The van der Waals surface area contributed by atoms with Crippen molar-refractivity contribution in [3.05, 3.63) is 42.2 Å². The van der Waals surface area contributed by atoms with Crippen LogP contribution in [0.3, 0.4) is 0 Å². The quantitative estimate of drug-likeness (QED) is 0.648. The predicted octanol–water partition coefficient (Wildman–Crippen LogP) is 1.37. The largest absolute Gasteiger partial charge is 0.497 e. The molecule has 0 saturated carbocycles. The number of aromatic nitrogens is 2. The molecule has 0 atom stereocenters. The van der Waals surface area contributed by atoms with Gasteiger partial charge in [-0.05, 0) is 36.2 Å². The maximum atomic E-state index is 5.23. The Hall–Kier alpha value is -2.70. The number of guanidine groups is 1. The molecular weight excluding hydrogens is 328 g/mol. The number of rotatable bonds is 5. The van der Waals surface area contributed by atoms with Crippen molar-refractivity contribution in [2.75, 3.05) is 51.8 Å². The summed E-state index contributed by atoms with van der Waals surface area (Å²) in [5.41, 5.74) is 2.48. The summed E-state index contributed by atoms with van der Waals surface area (Å²) in [5.74, 6) is 1.87. The molecule has 0 unspecified atom stereocenters. The van der Waals surface area contributed by atoms with Crippen LogP contribution in [0.5, 0.6) is 5.75 Å². The number of aliphatic imine (C=N–C) groups is 1. The van der Waals surface area contributed by atoms with E-state index in [2.05, 4.69) is 43.5 Å². The molecule has 7 heteroatoms. The van der Waals surface area contributed by atoms with Gasteiger partial charge in [-0.2, -0.15) is 5.10 Å². The lowest BCUT2D eigenvalue weighted by molar-refractivity contribution is 0.373. The second-order valence-electron chi connectivity index (χ2n) is 6.42. The second kappa shape index (κ2) is 8.60. The fourth-order valence-corrected chi connectivity index (χ4v) is 3.22. The van der Waals surface area contributed by atoms with Gasteiger partial charge in [0.15, 0.2) is 5.96 Å². The van der Waals surface area contributed by atoms with E-state index in [0.717, 1.165) is 50.9 Å². The zero-order valence-corrected chi connectivity index (χ0v) is 15.9. The molecule has 0 bridgehead atoms. The minimum absolute atomic E-state index is 0.858. The third kappa shape index (κ3) is 4.47. The van der Waals surface area contributed by atoms with Crippen molar-refractivity contribution in [2.24, 2.45) is 12.0 Å². The Morgan fingerprint density at radius 3 is 2.50 bits per heavy atom. The molecule has 1 aliphatic heterocycles. The van der Waals surface area contributed by atoms with Crippen LogP contribution in [-0.4, -0.2) is 67.5 Å². The van der Waals surface area contributed by atoms with Crippen molar-refractivity contribution in [1.82, 2.24) is 20.0 Å². The normalized spacial score (nSPS) is 15.3. The highest BCUT2D eigenvalue weighted by Crippen LogP contribution is 2.20. The van der Waals surface area contributed by atoms with Gasteiger partial charge in [0.2, 0.25) is 0 Å². The molecular formula is C19H28N6O. The molecule has 26 heavy (non-hydrogen) atoms. The van der Waals surface area contributed by atoms with Gasteiger partial charge in [0, 0.05) is 58.7 Å². The van der Waals surface area contributed by atoms with Gasteiger partial charge in [-0.1, -0.05) is 0 Å². The van der Waals surface area contributed by atoms with Gasteiger partial charge in [-0.25, -0.2) is 0 Å². The summed E-state index contributed by atoms with van der Waals surface area (Å²) in [7, 11) is 5.49. The molecule has 0 radical (unpaired) electrons. The number of aryl methyl sites for hydroxylation is 1. The van der Waals surface area contributed by atoms with E-state index in [-0.39, 0.29) is 0 Å². The molecule has 3 rings (SSSR count). The zero-order chi connectivity index (χ0) is 18.4. The number of piperazine rings is 1. The van der Waals surface area contributed by atoms with Gasteiger partial charge >= 0.3 is 0 Å². The first-order chi connectivity index (χ1) is 12.7. The topological polar surface area (TPSA) is 57.9 Å². The molecule has 1 saturated heterocycles. The Kier molecular flexibility index (Phi) is 5.99. The number of ether oxygens (including phenoxy) is 1. The Morgan fingerprint density at radius 2 is 1.92 bits per heavy atom. The third-order valence-electron chi connectivity index (χ3n) is 4.68. The highest BCUT2D eigenvalue weighted by molar-refractivity contribution is 5.80. The summed E-state index contributed by atoms with van der Waals surface area (Å²) in [4.78, 5) is 9.17. The lowest BCUT2D eigenvalue weighted by Gasteiger charge is -2.37. The van der Waals surface area contributed by atoms with Crippen LogP contribution in [0.25, 0.3) is 0 Å². The maximum absolute atomic E-state index is 5.23. The van der Waals surface area contributed by atoms with E-state index in [1.54, 1.807) is 7.11 Å². The molecule has 1 aromatic heterocycles. The van der Waals surface area contributed by atoms with E-state index in [1.807, 2.05) is 37.1 Å². The summed E-state index contributed by atoms with van der Waals surface area (Å²) >= 11 is 0. The summed E-state index contributed by atoms with van der Waals surface area (Å²) in [6.07, 6.45) is 4.91. The molecule has 0 spiro atoms. The predicted molar refractivity (Wildman–Crippen MR) is 105 cm³/mol. The summed E-state index contributed by atoms with van der Waals surface area (Å²) in [6, 6.07) is 8.27. The number of hydrogen-bond acceptors (Lipinski definition) is 4. The van der Waals surface area contributed by atoms with Crippen LogP contribution >= 0.6 is 0 Å². The van der Waals surface area contributed by atoms with Crippen LogP contribution in [0.4, 0.5) is 5.69 Å². The van der Waals surface area contributed by atoms with Crippen molar-refractivity contribution in [2.45, 2.75) is 6.42 Å². The first-order valence-electron chi connectivity index (χ1n) is 9.01. The standard InChI is InChI=1S/C19H28N6O/c1-20-19(21-9-8-16-14-22-23(2)15-16)25-12-10-24(11-13-25)17-4-6-18(26-3)7-5-17/h4-7,14-15H,8-13H2,1-3H3,(H,20,21). The summed E-state index contributed by atoms with van der Waals surface area (Å²) in [5, 5.41) is 7.68. The van der Waals surface area contributed by atoms with Crippen LogP contribution in [0.2, 0.25) is 0 Å². The highest BCUT2D eigenvalue weighted by Gasteiger charge is 2.19. The van der Waals surface area contributed by atoms with E-state index in [1.165, 1.54) is 11.3 Å². The third-order valence-corrected chi connectivity index (χ3v) is 4.68. The first kappa shape index (κ1) is 18.1. The average Bonchev–Trinajstić information content (AvgIpc) is 3.11. The van der Waals surface area contributed by atoms with Crippen LogP contribution < -0.4 is 15.0 Å². The zero-order valence-electron chi connectivity index (χ0n) is 15.9.